The number of aromatic carboxylic acids is 1. The number of phenols is 1. The Bertz CT molecular complexity index is 687. The summed E-state index contributed by atoms with van der Waals surface area (Å²) in [7, 11) is 1.63. The van der Waals surface area contributed by atoms with Crippen molar-refractivity contribution in [1.82, 2.24) is 4.90 Å². The van der Waals surface area contributed by atoms with Crippen LogP contribution in [-0.2, 0) is 17.8 Å². The third-order valence-electron chi connectivity index (χ3n) is 3.31. The highest BCUT2D eigenvalue weighted by molar-refractivity contribution is 5.88. The van der Waals surface area contributed by atoms with Gasteiger partial charge < -0.3 is 19.5 Å². The molecule has 22 heavy (non-hydrogen) atoms. The third-order valence-corrected chi connectivity index (χ3v) is 3.31. The monoisotopic (exact) mass is 303 g/mol. The molecule has 0 bridgehead atoms. The lowest BCUT2D eigenvalue weighted by molar-refractivity contribution is -0.129. The summed E-state index contributed by atoms with van der Waals surface area (Å²) in [6.07, 6.45) is 0.197. The van der Waals surface area contributed by atoms with Crippen LogP contribution < -0.4 is 0 Å². The van der Waals surface area contributed by atoms with Gasteiger partial charge in [0.2, 0.25) is 5.91 Å². The molecular weight excluding hydrogens is 286 g/mol. The maximum absolute atomic E-state index is 12.1. The number of likely N-dealkylation sites (N-methyl/N-ethyl adjacent to an activating group) is 1. The van der Waals surface area contributed by atoms with Gasteiger partial charge in [-0.15, -0.1) is 0 Å². The standard InChI is InChI=1S/C16H17NO5/c1-10-14(16(20)21)8-13(22-10)9-17(2)15(19)7-11-3-5-12(18)6-4-11/h3-6,8,18H,7,9H2,1-2H3,(H,20,21). The molecule has 1 aromatic carbocycles. The van der Waals surface area contributed by atoms with Gasteiger partial charge in [-0.25, -0.2) is 4.79 Å². The van der Waals surface area contributed by atoms with E-state index in [2.05, 4.69) is 0 Å². The summed E-state index contributed by atoms with van der Waals surface area (Å²) in [4.78, 5) is 24.6. The van der Waals surface area contributed by atoms with Crippen LogP contribution in [0.2, 0.25) is 0 Å². The van der Waals surface area contributed by atoms with Gasteiger partial charge in [-0.1, -0.05) is 12.1 Å². The molecule has 6 nitrogen and oxygen atoms in total. The van der Waals surface area contributed by atoms with Crippen molar-refractivity contribution in [3.8, 4) is 5.75 Å². The van der Waals surface area contributed by atoms with Gasteiger partial charge in [0.1, 0.15) is 22.8 Å². The fourth-order valence-corrected chi connectivity index (χ4v) is 2.08. The fourth-order valence-electron chi connectivity index (χ4n) is 2.08. The van der Waals surface area contributed by atoms with Crippen molar-refractivity contribution in [2.75, 3.05) is 7.05 Å². The summed E-state index contributed by atoms with van der Waals surface area (Å²) in [6, 6.07) is 7.85. The van der Waals surface area contributed by atoms with Gasteiger partial charge in [0.25, 0.3) is 0 Å². The number of carboxylic acids is 1. The van der Waals surface area contributed by atoms with E-state index in [0.717, 1.165) is 5.56 Å². The lowest BCUT2D eigenvalue weighted by Gasteiger charge is -2.15. The first-order valence-electron chi connectivity index (χ1n) is 6.71. The predicted molar refractivity (Wildman–Crippen MR) is 78.7 cm³/mol. The van der Waals surface area contributed by atoms with Crippen LogP contribution in [0.4, 0.5) is 0 Å². The lowest BCUT2D eigenvalue weighted by Crippen LogP contribution is -2.27. The van der Waals surface area contributed by atoms with Gasteiger partial charge in [-0.3, -0.25) is 4.79 Å². The number of aryl methyl sites for hydroxylation is 1. The number of hydrogen-bond acceptors (Lipinski definition) is 4. The van der Waals surface area contributed by atoms with Crippen LogP contribution in [0.1, 0.15) is 27.4 Å². The molecule has 0 aliphatic heterocycles. The van der Waals surface area contributed by atoms with Crippen LogP contribution in [0.15, 0.2) is 34.7 Å². The zero-order valence-electron chi connectivity index (χ0n) is 12.4. The average Bonchev–Trinajstić information content (AvgIpc) is 2.82. The SMILES string of the molecule is Cc1oc(CN(C)C(=O)Cc2ccc(O)cc2)cc1C(=O)O. The van der Waals surface area contributed by atoms with Crippen LogP contribution in [0, 0.1) is 6.92 Å². The number of aromatic hydroxyl groups is 1. The number of carbonyl (C=O) groups excluding carboxylic acids is 1. The highest BCUT2D eigenvalue weighted by Crippen LogP contribution is 2.17. The zero-order chi connectivity index (χ0) is 16.3. The second kappa shape index (κ2) is 6.34. The van der Waals surface area contributed by atoms with Gasteiger partial charge in [0.05, 0.1) is 13.0 Å². The average molecular weight is 303 g/mol. The summed E-state index contributed by atoms with van der Waals surface area (Å²) >= 11 is 0. The summed E-state index contributed by atoms with van der Waals surface area (Å²) in [6.45, 7) is 1.77. The molecule has 1 aromatic heterocycles. The Labute approximate surface area is 127 Å². The lowest BCUT2D eigenvalue weighted by atomic mass is 10.1. The fraction of sp³-hybridized carbons (Fsp3) is 0.250. The Morgan fingerprint density at radius 2 is 1.86 bits per heavy atom. The highest BCUT2D eigenvalue weighted by atomic mass is 16.4. The molecule has 0 atom stereocenters. The van der Waals surface area contributed by atoms with Gasteiger partial charge in [0.15, 0.2) is 0 Å². The first-order chi connectivity index (χ1) is 10.4. The third kappa shape index (κ3) is 3.66. The van der Waals surface area contributed by atoms with E-state index in [1.807, 2.05) is 0 Å². The van der Waals surface area contributed by atoms with Gasteiger partial charge in [0, 0.05) is 7.05 Å². The van der Waals surface area contributed by atoms with E-state index >= 15 is 0 Å². The minimum absolute atomic E-state index is 0.106. The molecule has 1 heterocycles. The molecular formula is C16H17NO5. The molecule has 0 unspecified atom stereocenters. The van der Waals surface area contributed by atoms with E-state index in [1.165, 1.54) is 23.1 Å². The number of furan rings is 1. The summed E-state index contributed by atoms with van der Waals surface area (Å²) in [5.41, 5.74) is 0.894. The van der Waals surface area contributed by atoms with E-state index in [9.17, 15) is 14.7 Å². The molecule has 1 amide bonds. The van der Waals surface area contributed by atoms with Crippen molar-refractivity contribution in [1.29, 1.82) is 0 Å². The van der Waals surface area contributed by atoms with E-state index < -0.39 is 5.97 Å². The first-order valence-corrected chi connectivity index (χ1v) is 6.71. The van der Waals surface area contributed by atoms with Crippen LogP contribution in [-0.4, -0.2) is 34.0 Å². The topological polar surface area (TPSA) is 91.0 Å². The molecule has 6 heteroatoms. The predicted octanol–water partition coefficient (Wildman–Crippen LogP) is 2.19. The number of phenolic OH excluding ortho intramolecular Hbond substituents is 1. The Morgan fingerprint density at radius 1 is 1.23 bits per heavy atom. The van der Waals surface area contributed by atoms with Crippen LogP contribution in [0.25, 0.3) is 0 Å². The van der Waals surface area contributed by atoms with Crippen molar-refractivity contribution >= 4 is 11.9 Å². The van der Waals surface area contributed by atoms with Crippen molar-refractivity contribution < 1.29 is 24.2 Å². The van der Waals surface area contributed by atoms with Crippen molar-refractivity contribution in [2.24, 2.45) is 0 Å². The largest absolute Gasteiger partial charge is 0.508 e. The summed E-state index contributed by atoms with van der Waals surface area (Å²) < 4.78 is 5.35. The maximum atomic E-state index is 12.1. The molecule has 2 N–H and O–H groups in total. The van der Waals surface area contributed by atoms with Crippen LogP contribution >= 0.6 is 0 Å². The van der Waals surface area contributed by atoms with Crippen molar-refractivity contribution in [3.05, 3.63) is 53.0 Å². The van der Waals surface area contributed by atoms with E-state index in [0.29, 0.717) is 11.5 Å². The Hall–Kier alpha value is -2.76. The molecule has 0 fully saturated rings. The Kier molecular flexibility index (Phi) is 4.50. The van der Waals surface area contributed by atoms with Crippen molar-refractivity contribution in [2.45, 2.75) is 19.9 Å². The number of amides is 1. The number of rotatable bonds is 5. The summed E-state index contributed by atoms with van der Waals surface area (Å²) in [5, 5.41) is 18.2. The molecule has 0 aliphatic carbocycles. The highest BCUT2D eigenvalue weighted by Gasteiger charge is 2.17. The van der Waals surface area contributed by atoms with E-state index in [-0.39, 0.29) is 30.2 Å². The maximum Gasteiger partial charge on any atom is 0.339 e. The number of hydrogen-bond donors (Lipinski definition) is 2. The second-order valence-corrected chi connectivity index (χ2v) is 5.08. The molecule has 2 rings (SSSR count). The van der Waals surface area contributed by atoms with Crippen LogP contribution in [0.5, 0.6) is 5.75 Å². The number of benzene rings is 1. The minimum atomic E-state index is -1.05. The van der Waals surface area contributed by atoms with Gasteiger partial charge in [-0.05, 0) is 30.7 Å². The normalized spacial score (nSPS) is 10.5. The molecule has 0 saturated carbocycles. The van der Waals surface area contributed by atoms with Gasteiger partial charge in [-0.2, -0.15) is 0 Å². The smallest absolute Gasteiger partial charge is 0.339 e. The van der Waals surface area contributed by atoms with Crippen molar-refractivity contribution in [3.63, 3.8) is 0 Å². The number of carboxylic acid groups (broad SMARTS) is 1. The molecule has 0 radical (unpaired) electrons. The van der Waals surface area contributed by atoms with E-state index in [4.69, 9.17) is 9.52 Å². The summed E-state index contributed by atoms with van der Waals surface area (Å²) in [5.74, 6) is -0.280. The molecule has 0 saturated heterocycles. The first kappa shape index (κ1) is 15.6. The molecule has 2 aromatic rings. The molecule has 0 spiro atoms. The van der Waals surface area contributed by atoms with E-state index in [1.54, 1.807) is 26.1 Å². The number of carbonyl (C=O) groups is 2. The quantitative estimate of drug-likeness (QED) is 0.883. The molecule has 0 aliphatic rings. The van der Waals surface area contributed by atoms with Gasteiger partial charge >= 0.3 is 5.97 Å². The Balaban J connectivity index is 2.00. The second-order valence-electron chi connectivity index (χ2n) is 5.08. The minimum Gasteiger partial charge on any atom is -0.508 e. The van der Waals surface area contributed by atoms with Crippen LogP contribution in [0.3, 0.4) is 0 Å². The number of nitrogens with zero attached hydrogens (tertiary/aromatic N) is 1. The molecule has 116 valence electrons. The Morgan fingerprint density at radius 3 is 2.41 bits per heavy atom. The zero-order valence-corrected chi connectivity index (χ0v) is 12.4.